The van der Waals surface area contributed by atoms with Gasteiger partial charge in [0, 0.05) is 12.7 Å². The van der Waals surface area contributed by atoms with E-state index in [1.807, 2.05) is 20.0 Å². The number of ketones is 1. The molecule has 0 unspecified atom stereocenters. The topological polar surface area (TPSA) is 60.7 Å². The Hall–Kier alpha value is -1.56. The van der Waals surface area contributed by atoms with E-state index < -0.39 is 0 Å². The van der Waals surface area contributed by atoms with Crippen LogP contribution in [-0.4, -0.2) is 25.2 Å². The normalized spacial score (nSPS) is 10.8. The molecule has 0 amide bonds. The molecule has 6 heteroatoms. The zero-order chi connectivity index (χ0) is 12.4. The fourth-order valence-electron chi connectivity index (χ4n) is 1.64. The predicted octanol–water partition coefficient (Wildman–Crippen LogP) is 1.57. The molecular weight excluding hydrogens is 236 g/mol. The lowest BCUT2D eigenvalue weighted by Gasteiger charge is -1.99. The van der Waals surface area contributed by atoms with Gasteiger partial charge in [-0.25, -0.2) is 0 Å². The fourth-order valence-corrected chi connectivity index (χ4v) is 2.23. The van der Waals surface area contributed by atoms with Gasteiger partial charge in [-0.15, -0.1) is 5.10 Å². The first-order chi connectivity index (χ1) is 8.11. The molecule has 90 valence electrons. The second kappa shape index (κ2) is 4.75. The van der Waals surface area contributed by atoms with Crippen LogP contribution in [0, 0.1) is 6.92 Å². The Morgan fingerprint density at radius 1 is 1.53 bits per heavy atom. The zero-order valence-electron chi connectivity index (χ0n) is 10.1. The van der Waals surface area contributed by atoms with Crippen LogP contribution in [0.4, 0.5) is 0 Å². The second-order valence-corrected chi connectivity index (χ2v) is 4.65. The molecule has 0 saturated heterocycles. The molecule has 0 spiro atoms. The molecule has 0 bridgehead atoms. The van der Waals surface area contributed by atoms with Gasteiger partial charge in [-0.2, -0.15) is 5.10 Å². The standard InChI is InChI=1S/C11H14N4OS/c1-4-8-5-9(15(3)13-8)6-10(16)11-7(2)12-14-17-11/h5H,4,6H2,1-3H3. The number of aromatic nitrogens is 4. The van der Waals surface area contributed by atoms with Gasteiger partial charge in [0.15, 0.2) is 5.78 Å². The summed E-state index contributed by atoms with van der Waals surface area (Å²) in [7, 11) is 1.86. The van der Waals surface area contributed by atoms with Gasteiger partial charge in [0.05, 0.1) is 17.8 Å². The van der Waals surface area contributed by atoms with Crippen molar-refractivity contribution in [3.8, 4) is 0 Å². The summed E-state index contributed by atoms with van der Waals surface area (Å²) in [6.07, 6.45) is 1.23. The molecule has 0 saturated carbocycles. The third-order valence-corrected chi connectivity index (χ3v) is 3.50. The molecule has 2 heterocycles. The molecule has 5 nitrogen and oxygen atoms in total. The number of nitrogens with zero attached hydrogens (tertiary/aromatic N) is 4. The third kappa shape index (κ3) is 2.41. The van der Waals surface area contributed by atoms with Gasteiger partial charge in [0.2, 0.25) is 0 Å². The van der Waals surface area contributed by atoms with Crippen LogP contribution in [-0.2, 0) is 19.9 Å². The lowest BCUT2D eigenvalue weighted by Crippen LogP contribution is -2.07. The average Bonchev–Trinajstić information content (AvgIpc) is 2.86. The van der Waals surface area contributed by atoms with Crippen LogP contribution in [0.1, 0.15) is 33.7 Å². The van der Waals surface area contributed by atoms with Gasteiger partial charge in [-0.3, -0.25) is 9.48 Å². The van der Waals surface area contributed by atoms with Crippen molar-refractivity contribution in [2.75, 3.05) is 0 Å². The van der Waals surface area contributed by atoms with Gasteiger partial charge in [0.25, 0.3) is 0 Å². The molecule has 2 rings (SSSR count). The number of rotatable bonds is 4. The summed E-state index contributed by atoms with van der Waals surface area (Å²) in [4.78, 5) is 12.7. The Balaban J connectivity index is 2.18. The highest BCUT2D eigenvalue weighted by molar-refractivity contribution is 7.08. The van der Waals surface area contributed by atoms with Crippen molar-refractivity contribution in [1.82, 2.24) is 19.4 Å². The second-order valence-electron chi connectivity index (χ2n) is 3.89. The van der Waals surface area contributed by atoms with Crippen molar-refractivity contribution < 1.29 is 4.79 Å². The maximum absolute atomic E-state index is 12.0. The third-order valence-electron chi connectivity index (χ3n) is 2.64. The van der Waals surface area contributed by atoms with Crippen molar-refractivity contribution in [3.63, 3.8) is 0 Å². The van der Waals surface area contributed by atoms with Crippen LogP contribution in [0.5, 0.6) is 0 Å². The van der Waals surface area contributed by atoms with E-state index >= 15 is 0 Å². The number of hydrogen-bond acceptors (Lipinski definition) is 5. The summed E-state index contributed by atoms with van der Waals surface area (Å²) < 4.78 is 5.54. The van der Waals surface area contributed by atoms with E-state index in [4.69, 9.17) is 0 Å². The van der Waals surface area contributed by atoms with Crippen molar-refractivity contribution in [2.45, 2.75) is 26.7 Å². The summed E-state index contributed by atoms with van der Waals surface area (Å²) in [6.45, 7) is 3.85. The summed E-state index contributed by atoms with van der Waals surface area (Å²) >= 11 is 1.15. The predicted molar refractivity (Wildman–Crippen MR) is 65.3 cm³/mol. The molecular formula is C11H14N4OS. The summed E-state index contributed by atoms with van der Waals surface area (Å²) in [5, 5.41) is 8.17. The van der Waals surface area contributed by atoms with E-state index in [1.165, 1.54) is 0 Å². The van der Waals surface area contributed by atoms with E-state index in [9.17, 15) is 4.79 Å². The molecule has 0 aliphatic heterocycles. The highest BCUT2D eigenvalue weighted by atomic mass is 32.1. The summed E-state index contributed by atoms with van der Waals surface area (Å²) in [5.41, 5.74) is 2.65. The smallest absolute Gasteiger partial charge is 0.182 e. The minimum Gasteiger partial charge on any atom is -0.293 e. The minimum absolute atomic E-state index is 0.0585. The SMILES string of the molecule is CCc1cc(CC(=O)c2snnc2C)n(C)n1. The zero-order valence-corrected chi connectivity index (χ0v) is 10.9. The maximum atomic E-state index is 12.0. The first kappa shape index (κ1) is 11.9. The van der Waals surface area contributed by atoms with E-state index in [0.29, 0.717) is 17.0 Å². The van der Waals surface area contributed by atoms with Crippen LogP contribution in [0.25, 0.3) is 0 Å². The summed E-state index contributed by atoms with van der Waals surface area (Å²) in [6, 6.07) is 1.97. The molecule has 0 atom stereocenters. The molecule has 2 aromatic rings. The van der Waals surface area contributed by atoms with Gasteiger partial charge in [0.1, 0.15) is 4.88 Å². The molecule has 0 aromatic carbocycles. The number of carbonyl (C=O) groups excluding carboxylic acids is 1. The van der Waals surface area contributed by atoms with Crippen molar-refractivity contribution in [3.05, 3.63) is 28.0 Å². The quantitative estimate of drug-likeness (QED) is 0.773. The Morgan fingerprint density at radius 3 is 2.82 bits per heavy atom. The number of hydrogen-bond donors (Lipinski definition) is 0. The molecule has 2 aromatic heterocycles. The molecule has 17 heavy (non-hydrogen) atoms. The highest BCUT2D eigenvalue weighted by Gasteiger charge is 2.16. The van der Waals surface area contributed by atoms with Crippen LogP contribution >= 0.6 is 11.5 Å². The largest absolute Gasteiger partial charge is 0.293 e. The van der Waals surface area contributed by atoms with Crippen molar-refractivity contribution >= 4 is 17.3 Å². The number of carbonyl (C=O) groups is 1. The van der Waals surface area contributed by atoms with Crippen molar-refractivity contribution in [2.24, 2.45) is 7.05 Å². The van der Waals surface area contributed by atoms with E-state index in [2.05, 4.69) is 14.7 Å². The minimum atomic E-state index is 0.0585. The average molecular weight is 250 g/mol. The molecule has 0 N–H and O–H groups in total. The highest BCUT2D eigenvalue weighted by Crippen LogP contribution is 2.14. The molecule has 0 fully saturated rings. The van der Waals surface area contributed by atoms with Gasteiger partial charge >= 0.3 is 0 Å². The van der Waals surface area contributed by atoms with Gasteiger partial charge < -0.3 is 0 Å². The Labute approximate surface area is 104 Å². The summed E-state index contributed by atoms with van der Waals surface area (Å²) in [5.74, 6) is 0.0585. The molecule has 0 radical (unpaired) electrons. The first-order valence-corrected chi connectivity index (χ1v) is 6.23. The van der Waals surface area contributed by atoms with Crippen molar-refractivity contribution in [1.29, 1.82) is 0 Å². The number of Topliss-reactive ketones (excluding diaryl/α,β-unsaturated/α-hetero) is 1. The Bertz CT molecular complexity index is 543. The van der Waals surface area contributed by atoms with Crippen LogP contribution < -0.4 is 0 Å². The van der Waals surface area contributed by atoms with Crippen LogP contribution in [0.15, 0.2) is 6.07 Å². The van der Waals surface area contributed by atoms with Gasteiger partial charge in [-0.05, 0) is 30.9 Å². The lowest BCUT2D eigenvalue weighted by atomic mass is 10.1. The maximum Gasteiger partial charge on any atom is 0.182 e. The molecule has 0 aliphatic carbocycles. The van der Waals surface area contributed by atoms with E-state index in [1.54, 1.807) is 11.6 Å². The van der Waals surface area contributed by atoms with E-state index in [-0.39, 0.29) is 5.78 Å². The Kier molecular flexibility index (Phi) is 3.33. The number of aryl methyl sites for hydroxylation is 3. The van der Waals surface area contributed by atoms with Crippen LogP contribution in [0.3, 0.4) is 0 Å². The molecule has 0 aliphatic rings. The lowest BCUT2D eigenvalue weighted by molar-refractivity contribution is 0.0994. The fraction of sp³-hybridized carbons (Fsp3) is 0.455. The van der Waals surface area contributed by atoms with E-state index in [0.717, 1.165) is 29.3 Å². The first-order valence-electron chi connectivity index (χ1n) is 5.45. The van der Waals surface area contributed by atoms with Crippen LogP contribution in [0.2, 0.25) is 0 Å². The van der Waals surface area contributed by atoms with Gasteiger partial charge in [-0.1, -0.05) is 11.4 Å². The monoisotopic (exact) mass is 250 g/mol. The Morgan fingerprint density at radius 2 is 2.29 bits per heavy atom.